The molecular weight excluding hydrogens is 362 g/mol. The van der Waals surface area contributed by atoms with Crippen molar-refractivity contribution < 1.29 is 19.1 Å². The van der Waals surface area contributed by atoms with Gasteiger partial charge in [0.05, 0.1) is 37.7 Å². The molecule has 1 N–H and O–H groups in total. The van der Waals surface area contributed by atoms with Crippen molar-refractivity contribution >= 4 is 17.6 Å². The highest BCUT2D eigenvalue weighted by atomic mass is 16.6. The molecule has 0 aromatic heterocycles. The molecule has 0 unspecified atom stereocenters. The molecule has 0 spiro atoms. The van der Waals surface area contributed by atoms with E-state index in [1.165, 1.54) is 19.4 Å². The molecular formula is C20H25N3O5. The molecule has 0 saturated carbocycles. The van der Waals surface area contributed by atoms with Gasteiger partial charge in [-0.25, -0.2) is 0 Å². The second kappa shape index (κ2) is 10.8. The van der Waals surface area contributed by atoms with Gasteiger partial charge < -0.3 is 14.2 Å². The van der Waals surface area contributed by atoms with E-state index >= 15 is 0 Å². The molecule has 2 aromatic rings. The van der Waals surface area contributed by atoms with Crippen LogP contribution < -0.4 is 19.6 Å². The molecule has 0 aliphatic heterocycles. The van der Waals surface area contributed by atoms with Gasteiger partial charge in [-0.3, -0.25) is 15.5 Å². The van der Waals surface area contributed by atoms with Crippen LogP contribution in [0.25, 0.3) is 0 Å². The van der Waals surface area contributed by atoms with E-state index in [9.17, 15) is 10.1 Å². The first-order chi connectivity index (χ1) is 13.6. The Morgan fingerprint density at radius 3 is 2.50 bits per heavy atom. The van der Waals surface area contributed by atoms with Crippen molar-refractivity contribution in [1.82, 2.24) is 0 Å². The van der Waals surface area contributed by atoms with E-state index < -0.39 is 4.92 Å². The molecule has 0 amide bonds. The van der Waals surface area contributed by atoms with Crippen LogP contribution in [0.4, 0.5) is 11.4 Å². The molecule has 0 radical (unpaired) electrons. The Morgan fingerprint density at radius 2 is 1.89 bits per heavy atom. The largest absolute Gasteiger partial charge is 0.497 e. The molecule has 0 aliphatic rings. The summed E-state index contributed by atoms with van der Waals surface area (Å²) in [4.78, 5) is 11.0. The minimum absolute atomic E-state index is 0.142. The maximum Gasteiger partial charge on any atom is 0.315 e. The standard InChI is InChI=1S/C20H25N3O5/c1-4-5-6-11-28-20-18(23(24)25)12-15(13-19(20)27-3)14-21-22-16-7-9-17(26-2)10-8-16/h7-10,12-14,22H,4-6,11H2,1-3H3/b21-14+. The Labute approximate surface area is 164 Å². The first-order valence-electron chi connectivity index (χ1n) is 9.01. The van der Waals surface area contributed by atoms with E-state index in [-0.39, 0.29) is 11.4 Å². The smallest absolute Gasteiger partial charge is 0.315 e. The van der Waals surface area contributed by atoms with E-state index in [1.807, 2.05) is 12.1 Å². The molecule has 0 bridgehead atoms. The second-order valence-corrected chi connectivity index (χ2v) is 5.98. The van der Waals surface area contributed by atoms with Crippen molar-refractivity contribution in [2.45, 2.75) is 26.2 Å². The van der Waals surface area contributed by atoms with Gasteiger partial charge in [-0.1, -0.05) is 19.8 Å². The van der Waals surface area contributed by atoms with E-state index in [1.54, 1.807) is 25.3 Å². The molecule has 0 saturated heterocycles. The molecule has 2 aromatic carbocycles. The third-order valence-corrected chi connectivity index (χ3v) is 3.97. The van der Waals surface area contributed by atoms with Crippen LogP contribution in [-0.4, -0.2) is 32.0 Å². The Bertz CT molecular complexity index is 806. The summed E-state index contributed by atoms with van der Waals surface area (Å²) in [6, 6.07) is 10.3. The Morgan fingerprint density at radius 1 is 1.14 bits per heavy atom. The summed E-state index contributed by atoms with van der Waals surface area (Å²) in [5.41, 5.74) is 3.99. The topological polar surface area (TPSA) is 95.2 Å². The average Bonchev–Trinajstić information content (AvgIpc) is 2.71. The molecule has 0 aliphatic carbocycles. The van der Waals surface area contributed by atoms with Gasteiger partial charge in [0.2, 0.25) is 5.75 Å². The van der Waals surface area contributed by atoms with Gasteiger partial charge in [-0.2, -0.15) is 5.10 Å². The third kappa shape index (κ3) is 5.87. The predicted octanol–water partition coefficient (Wildman–Crippen LogP) is 4.63. The number of nitro benzene ring substituents is 1. The number of anilines is 1. The first kappa shape index (κ1) is 21.0. The quantitative estimate of drug-likeness (QED) is 0.261. The molecule has 2 rings (SSSR count). The van der Waals surface area contributed by atoms with Crippen LogP contribution in [-0.2, 0) is 0 Å². The van der Waals surface area contributed by atoms with Crippen LogP contribution >= 0.6 is 0 Å². The summed E-state index contributed by atoms with van der Waals surface area (Å²) in [7, 11) is 3.05. The number of hydrogen-bond acceptors (Lipinski definition) is 7. The average molecular weight is 387 g/mol. The molecule has 150 valence electrons. The van der Waals surface area contributed by atoms with Crippen LogP contribution in [0.1, 0.15) is 31.7 Å². The number of methoxy groups -OCH3 is 2. The molecule has 0 fully saturated rings. The number of hydrogen-bond donors (Lipinski definition) is 1. The Kier molecular flexibility index (Phi) is 8.08. The van der Waals surface area contributed by atoms with Crippen LogP contribution in [0.3, 0.4) is 0 Å². The monoisotopic (exact) mass is 387 g/mol. The third-order valence-electron chi connectivity index (χ3n) is 3.97. The molecule has 28 heavy (non-hydrogen) atoms. The molecule has 8 nitrogen and oxygen atoms in total. The van der Waals surface area contributed by atoms with Gasteiger partial charge in [0.15, 0.2) is 5.75 Å². The lowest BCUT2D eigenvalue weighted by molar-refractivity contribution is -0.386. The maximum atomic E-state index is 11.5. The summed E-state index contributed by atoms with van der Waals surface area (Å²) in [6.07, 6.45) is 4.35. The SMILES string of the molecule is CCCCCOc1c(OC)cc(/C=N/Nc2ccc(OC)cc2)cc1[N+](=O)[O-]. The van der Waals surface area contributed by atoms with Gasteiger partial charge in [0, 0.05) is 11.6 Å². The van der Waals surface area contributed by atoms with Crippen molar-refractivity contribution in [3.63, 3.8) is 0 Å². The number of nitrogens with one attached hydrogen (secondary N) is 1. The summed E-state index contributed by atoms with van der Waals surface area (Å²) in [5.74, 6) is 1.19. The van der Waals surface area contributed by atoms with Crippen LogP contribution in [0.2, 0.25) is 0 Å². The van der Waals surface area contributed by atoms with E-state index in [0.717, 1.165) is 30.7 Å². The fraction of sp³-hybridized carbons (Fsp3) is 0.350. The zero-order chi connectivity index (χ0) is 20.4. The van der Waals surface area contributed by atoms with E-state index in [2.05, 4.69) is 17.5 Å². The highest BCUT2D eigenvalue weighted by Crippen LogP contribution is 2.38. The van der Waals surface area contributed by atoms with Gasteiger partial charge >= 0.3 is 5.69 Å². The van der Waals surface area contributed by atoms with Crippen LogP contribution in [0, 0.1) is 10.1 Å². The van der Waals surface area contributed by atoms with E-state index in [4.69, 9.17) is 14.2 Å². The van der Waals surface area contributed by atoms with Crippen LogP contribution in [0.5, 0.6) is 17.2 Å². The lowest BCUT2D eigenvalue weighted by Gasteiger charge is -2.11. The minimum Gasteiger partial charge on any atom is -0.497 e. The summed E-state index contributed by atoms with van der Waals surface area (Å²) in [5, 5.41) is 15.6. The number of ether oxygens (including phenoxy) is 3. The number of unbranched alkanes of at least 4 members (excludes halogenated alkanes) is 2. The minimum atomic E-state index is -0.480. The lowest BCUT2D eigenvalue weighted by Crippen LogP contribution is -2.04. The summed E-state index contributed by atoms with van der Waals surface area (Å²) in [6.45, 7) is 2.48. The highest BCUT2D eigenvalue weighted by Gasteiger charge is 2.22. The summed E-state index contributed by atoms with van der Waals surface area (Å²) >= 11 is 0. The van der Waals surface area contributed by atoms with Crippen LogP contribution in [0.15, 0.2) is 41.5 Å². The van der Waals surface area contributed by atoms with Gasteiger partial charge in [-0.15, -0.1) is 0 Å². The number of rotatable bonds is 11. The van der Waals surface area contributed by atoms with Crippen molar-refractivity contribution in [2.75, 3.05) is 26.3 Å². The van der Waals surface area contributed by atoms with Gasteiger partial charge in [0.1, 0.15) is 5.75 Å². The van der Waals surface area contributed by atoms with E-state index in [0.29, 0.717) is 17.9 Å². The summed E-state index contributed by atoms with van der Waals surface area (Å²) < 4.78 is 16.0. The fourth-order valence-corrected chi connectivity index (χ4v) is 2.49. The number of nitro groups is 1. The lowest BCUT2D eigenvalue weighted by atomic mass is 10.2. The van der Waals surface area contributed by atoms with Crippen molar-refractivity contribution in [1.29, 1.82) is 0 Å². The number of benzene rings is 2. The highest BCUT2D eigenvalue weighted by molar-refractivity contribution is 5.83. The number of hydrazone groups is 1. The van der Waals surface area contributed by atoms with Crippen molar-refractivity contribution in [3.05, 3.63) is 52.1 Å². The normalized spacial score (nSPS) is 10.7. The predicted molar refractivity (Wildman–Crippen MR) is 109 cm³/mol. The zero-order valence-corrected chi connectivity index (χ0v) is 16.3. The number of nitrogens with zero attached hydrogens (tertiary/aromatic N) is 2. The van der Waals surface area contributed by atoms with Gasteiger partial charge in [0.25, 0.3) is 0 Å². The zero-order valence-electron chi connectivity index (χ0n) is 16.3. The Hall–Kier alpha value is -3.29. The molecule has 8 heteroatoms. The van der Waals surface area contributed by atoms with Crippen molar-refractivity contribution in [3.8, 4) is 17.2 Å². The first-order valence-corrected chi connectivity index (χ1v) is 9.01. The fourth-order valence-electron chi connectivity index (χ4n) is 2.49. The maximum absolute atomic E-state index is 11.5. The second-order valence-electron chi connectivity index (χ2n) is 5.98. The van der Waals surface area contributed by atoms with Gasteiger partial charge in [-0.05, 0) is 36.8 Å². The molecule has 0 heterocycles. The molecule has 0 atom stereocenters. The van der Waals surface area contributed by atoms with Crippen molar-refractivity contribution in [2.24, 2.45) is 5.10 Å². The Balaban J connectivity index is 2.17.